The number of carbonyl (C=O) groups is 2. The third-order valence-corrected chi connectivity index (χ3v) is 5.51. The van der Waals surface area contributed by atoms with Gasteiger partial charge in [0.15, 0.2) is 0 Å². The number of rotatable bonds is 8. The lowest BCUT2D eigenvalue weighted by Crippen LogP contribution is -2.30. The minimum absolute atomic E-state index is 0.134. The van der Waals surface area contributed by atoms with Crippen molar-refractivity contribution in [3.05, 3.63) is 71.4 Å². The Morgan fingerprint density at radius 2 is 1.84 bits per heavy atom. The monoisotopic (exact) mass is 449 g/mol. The highest BCUT2D eigenvalue weighted by atomic mass is 35.5. The molecule has 0 atom stereocenters. The quantitative estimate of drug-likeness (QED) is 0.501. The largest absolute Gasteiger partial charge is 0.352 e. The first-order chi connectivity index (χ1) is 15.6. The fourth-order valence-electron chi connectivity index (χ4n) is 3.55. The lowest BCUT2D eigenvalue weighted by atomic mass is 10.1. The molecule has 1 aliphatic rings. The Hall–Kier alpha value is -3.45. The van der Waals surface area contributed by atoms with Crippen molar-refractivity contribution in [2.75, 3.05) is 25.0 Å². The van der Waals surface area contributed by atoms with Crippen LogP contribution in [0.4, 0.5) is 11.6 Å². The summed E-state index contributed by atoms with van der Waals surface area (Å²) in [5, 5.41) is 6.74. The Morgan fingerprint density at radius 1 is 1.06 bits per heavy atom. The summed E-state index contributed by atoms with van der Waals surface area (Å²) >= 11 is 5.95. The van der Waals surface area contributed by atoms with Gasteiger partial charge in [0, 0.05) is 54.1 Å². The molecule has 2 aromatic carbocycles. The van der Waals surface area contributed by atoms with E-state index in [1.54, 1.807) is 18.3 Å². The highest BCUT2D eigenvalue weighted by Gasteiger charge is 2.19. The number of hydrogen-bond donors (Lipinski definition) is 2. The molecule has 1 saturated heterocycles. The molecule has 2 N–H and O–H groups in total. The molecule has 1 aliphatic heterocycles. The van der Waals surface area contributed by atoms with Crippen molar-refractivity contribution in [1.82, 2.24) is 20.2 Å². The van der Waals surface area contributed by atoms with Crippen LogP contribution in [0.5, 0.6) is 0 Å². The Labute approximate surface area is 191 Å². The summed E-state index contributed by atoms with van der Waals surface area (Å²) in [4.78, 5) is 34.6. The predicted molar refractivity (Wildman–Crippen MR) is 125 cm³/mol. The lowest BCUT2D eigenvalue weighted by molar-refractivity contribution is -0.127. The molecule has 4 rings (SSSR count). The highest BCUT2D eigenvalue weighted by Crippen LogP contribution is 2.21. The standard InChI is InChI=1S/C24H24ClN5O2/c25-19-8-4-17(5-9-19)21-12-14-27-24(29-21)28-20-10-6-18(7-11-20)23(32)26-13-2-16-30-15-1-3-22(30)31/h4-12,14H,1-3,13,15-16H2,(H,26,32)(H,27,28,29). The van der Waals surface area contributed by atoms with Crippen LogP contribution in [0.25, 0.3) is 11.3 Å². The van der Waals surface area contributed by atoms with E-state index in [1.807, 2.05) is 47.4 Å². The van der Waals surface area contributed by atoms with Crippen molar-refractivity contribution in [3.63, 3.8) is 0 Å². The summed E-state index contributed by atoms with van der Waals surface area (Å²) in [6.07, 6.45) is 4.01. The first-order valence-corrected chi connectivity index (χ1v) is 11.0. The number of amides is 2. The number of likely N-dealkylation sites (tertiary alicyclic amines) is 1. The van der Waals surface area contributed by atoms with Gasteiger partial charge < -0.3 is 15.5 Å². The van der Waals surface area contributed by atoms with Crippen LogP contribution < -0.4 is 10.6 Å². The second-order valence-corrected chi connectivity index (χ2v) is 8.00. The van der Waals surface area contributed by atoms with E-state index in [2.05, 4.69) is 20.6 Å². The minimum atomic E-state index is -0.134. The highest BCUT2D eigenvalue weighted by molar-refractivity contribution is 6.30. The molecule has 0 unspecified atom stereocenters. The molecule has 32 heavy (non-hydrogen) atoms. The van der Waals surface area contributed by atoms with Gasteiger partial charge in [-0.1, -0.05) is 23.7 Å². The Morgan fingerprint density at radius 3 is 2.56 bits per heavy atom. The topological polar surface area (TPSA) is 87.2 Å². The summed E-state index contributed by atoms with van der Waals surface area (Å²) in [5.41, 5.74) is 3.08. The molecule has 0 aliphatic carbocycles. The van der Waals surface area contributed by atoms with Crippen molar-refractivity contribution in [2.45, 2.75) is 19.3 Å². The van der Waals surface area contributed by atoms with Gasteiger partial charge in [-0.3, -0.25) is 9.59 Å². The number of nitrogens with zero attached hydrogens (tertiary/aromatic N) is 3. The third kappa shape index (κ3) is 5.62. The van der Waals surface area contributed by atoms with Crippen LogP contribution in [-0.4, -0.2) is 46.3 Å². The Kier molecular flexibility index (Phi) is 6.97. The van der Waals surface area contributed by atoms with Gasteiger partial charge in [0.2, 0.25) is 11.9 Å². The fraction of sp³-hybridized carbons (Fsp3) is 0.250. The molecule has 0 spiro atoms. The van der Waals surface area contributed by atoms with Crippen molar-refractivity contribution >= 4 is 35.1 Å². The number of carbonyl (C=O) groups excluding carboxylic acids is 2. The van der Waals surface area contributed by atoms with E-state index in [0.717, 1.165) is 36.3 Å². The van der Waals surface area contributed by atoms with Crippen molar-refractivity contribution in [1.29, 1.82) is 0 Å². The van der Waals surface area contributed by atoms with Crippen LogP contribution in [-0.2, 0) is 4.79 Å². The van der Waals surface area contributed by atoms with Gasteiger partial charge in [-0.05, 0) is 55.3 Å². The van der Waals surface area contributed by atoms with Gasteiger partial charge >= 0.3 is 0 Å². The molecule has 3 aromatic rings. The number of aromatic nitrogens is 2. The molecule has 1 fully saturated rings. The van der Waals surface area contributed by atoms with Gasteiger partial charge in [0.25, 0.3) is 5.91 Å². The number of benzene rings is 2. The molecular weight excluding hydrogens is 426 g/mol. The van der Waals surface area contributed by atoms with Gasteiger partial charge in [0.1, 0.15) is 0 Å². The molecule has 0 bridgehead atoms. The molecule has 2 amide bonds. The van der Waals surface area contributed by atoms with E-state index >= 15 is 0 Å². The second kappa shape index (κ2) is 10.2. The minimum Gasteiger partial charge on any atom is -0.352 e. The van der Waals surface area contributed by atoms with Crippen molar-refractivity contribution < 1.29 is 9.59 Å². The molecule has 0 radical (unpaired) electrons. The molecule has 164 valence electrons. The summed E-state index contributed by atoms with van der Waals surface area (Å²) in [6, 6.07) is 16.4. The normalized spacial score (nSPS) is 13.3. The molecular formula is C24H24ClN5O2. The zero-order valence-corrected chi connectivity index (χ0v) is 18.3. The van der Waals surface area contributed by atoms with Crippen molar-refractivity contribution in [2.24, 2.45) is 0 Å². The zero-order chi connectivity index (χ0) is 22.3. The average Bonchev–Trinajstić information content (AvgIpc) is 3.22. The number of hydrogen-bond acceptors (Lipinski definition) is 5. The SMILES string of the molecule is O=C(NCCCN1CCCC1=O)c1ccc(Nc2nccc(-c3ccc(Cl)cc3)n2)cc1. The van der Waals surface area contributed by atoms with E-state index in [-0.39, 0.29) is 11.8 Å². The van der Waals surface area contributed by atoms with E-state index in [4.69, 9.17) is 11.6 Å². The number of halogens is 1. The summed E-state index contributed by atoms with van der Waals surface area (Å²) in [6.45, 7) is 2.05. The molecule has 7 nitrogen and oxygen atoms in total. The second-order valence-electron chi connectivity index (χ2n) is 7.57. The number of anilines is 2. The van der Waals surface area contributed by atoms with Gasteiger partial charge in [-0.2, -0.15) is 0 Å². The molecule has 1 aromatic heterocycles. The van der Waals surface area contributed by atoms with Gasteiger partial charge in [-0.25, -0.2) is 9.97 Å². The van der Waals surface area contributed by atoms with E-state index in [0.29, 0.717) is 36.0 Å². The summed E-state index contributed by atoms with van der Waals surface area (Å²) in [7, 11) is 0. The molecule has 0 saturated carbocycles. The average molecular weight is 450 g/mol. The van der Waals surface area contributed by atoms with Crippen LogP contribution in [0.1, 0.15) is 29.6 Å². The van der Waals surface area contributed by atoms with E-state index in [9.17, 15) is 9.59 Å². The fourth-order valence-corrected chi connectivity index (χ4v) is 3.67. The van der Waals surface area contributed by atoms with E-state index < -0.39 is 0 Å². The first-order valence-electron chi connectivity index (χ1n) is 10.6. The van der Waals surface area contributed by atoms with Crippen LogP contribution >= 0.6 is 11.6 Å². The smallest absolute Gasteiger partial charge is 0.251 e. The van der Waals surface area contributed by atoms with Crippen LogP contribution in [0, 0.1) is 0 Å². The van der Waals surface area contributed by atoms with E-state index in [1.165, 1.54) is 0 Å². The summed E-state index contributed by atoms with van der Waals surface area (Å²) < 4.78 is 0. The molecule has 8 heteroatoms. The van der Waals surface area contributed by atoms with Crippen LogP contribution in [0.3, 0.4) is 0 Å². The van der Waals surface area contributed by atoms with Crippen LogP contribution in [0.2, 0.25) is 5.02 Å². The van der Waals surface area contributed by atoms with Crippen LogP contribution in [0.15, 0.2) is 60.8 Å². The van der Waals surface area contributed by atoms with Gasteiger partial charge in [-0.15, -0.1) is 0 Å². The summed E-state index contributed by atoms with van der Waals surface area (Å²) in [5.74, 6) is 0.540. The first kappa shape index (κ1) is 21.8. The Bertz CT molecular complexity index is 1090. The lowest BCUT2D eigenvalue weighted by Gasteiger charge is -2.15. The maximum atomic E-state index is 12.4. The molecule has 2 heterocycles. The van der Waals surface area contributed by atoms with Gasteiger partial charge in [0.05, 0.1) is 5.69 Å². The Balaban J connectivity index is 1.29. The predicted octanol–water partition coefficient (Wildman–Crippen LogP) is 4.28. The maximum absolute atomic E-state index is 12.4. The maximum Gasteiger partial charge on any atom is 0.251 e. The van der Waals surface area contributed by atoms with Crippen molar-refractivity contribution in [3.8, 4) is 11.3 Å². The third-order valence-electron chi connectivity index (χ3n) is 5.26. The number of nitrogens with one attached hydrogen (secondary N) is 2. The zero-order valence-electron chi connectivity index (χ0n) is 17.6.